The van der Waals surface area contributed by atoms with E-state index in [4.69, 9.17) is 9.57 Å². The topological polar surface area (TPSA) is 96.3 Å². The summed E-state index contributed by atoms with van der Waals surface area (Å²) in [6.45, 7) is 3.95. The van der Waals surface area contributed by atoms with Crippen molar-refractivity contribution in [2.75, 3.05) is 18.7 Å². The Kier molecular flexibility index (Phi) is 5.16. The summed E-state index contributed by atoms with van der Waals surface area (Å²) in [5.41, 5.74) is 0.0689. The summed E-state index contributed by atoms with van der Waals surface area (Å²) in [7, 11) is 1.47. The van der Waals surface area contributed by atoms with E-state index in [1.807, 2.05) is 6.92 Å². The molecule has 1 aliphatic carbocycles. The highest BCUT2D eigenvalue weighted by Crippen LogP contribution is 2.43. The number of ether oxygens (including phenoxy) is 1. The highest BCUT2D eigenvalue weighted by molar-refractivity contribution is 6.30. The summed E-state index contributed by atoms with van der Waals surface area (Å²) in [6.07, 6.45) is 0.0517. The lowest BCUT2D eigenvalue weighted by molar-refractivity contribution is -0.121. The second-order valence-electron chi connectivity index (χ2n) is 6.23. The third-order valence-corrected chi connectivity index (χ3v) is 4.43. The number of anilines is 1. The van der Waals surface area contributed by atoms with Crippen LogP contribution in [0.3, 0.4) is 0 Å². The van der Waals surface area contributed by atoms with Gasteiger partial charge in [0.1, 0.15) is 11.4 Å². The number of hydrogen-bond donors (Lipinski definition) is 2. The molecule has 0 saturated carbocycles. The Morgan fingerprint density at radius 1 is 1.07 bits per heavy atom. The molecule has 0 amide bonds. The molecule has 0 spiro atoms. The minimum Gasteiger partial charge on any atom is -0.507 e. The summed E-state index contributed by atoms with van der Waals surface area (Å²) in [5.74, 6) is -1.83. The van der Waals surface area contributed by atoms with Gasteiger partial charge in [0.25, 0.3) is 0 Å². The zero-order valence-electron chi connectivity index (χ0n) is 15.4. The lowest BCUT2D eigenvalue weighted by Crippen LogP contribution is -2.31. The van der Waals surface area contributed by atoms with Crippen molar-refractivity contribution in [3.63, 3.8) is 0 Å². The fourth-order valence-electron chi connectivity index (χ4n) is 3.09. The fourth-order valence-corrected chi connectivity index (χ4v) is 3.09. The van der Waals surface area contributed by atoms with Crippen molar-refractivity contribution in [2.45, 2.75) is 26.6 Å². The Balaban J connectivity index is 2.17. The number of benzene rings is 2. The number of hydroxylamine groups is 1. The first kappa shape index (κ1) is 18.9. The van der Waals surface area contributed by atoms with E-state index in [0.29, 0.717) is 13.0 Å². The number of phenolic OH excluding ortho intramolecular Hbond substituents is 2. The van der Waals surface area contributed by atoms with Gasteiger partial charge in [0.15, 0.2) is 23.6 Å². The molecule has 0 heterocycles. The van der Waals surface area contributed by atoms with Crippen LogP contribution in [0.15, 0.2) is 30.3 Å². The van der Waals surface area contributed by atoms with E-state index in [1.165, 1.54) is 30.4 Å². The zero-order chi connectivity index (χ0) is 19.7. The van der Waals surface area contributed by atoms with Crippen LogP contribution in [0.5, 0.6) is 11.5 Å². The number of nitrogens with zero attached hydrogens (tertiary/aromatic N) is 1. The van der Waals surface area contributed by atoms with Crippen LogP contribution in [0.25, 0.3) is 0 Å². The number of methoxy groups -OCH3 is 1. The maximum atomic E-state index is 12.9. The van der Waals surface area contributed by atoms with Crippen LogP contribution in [0.4, 0.5) is 5.69 Å². The normalized spacial score (nSPS) is 13.9. The lowest BCUT2D eigenvalue weighted by atomic mass is 9.82. The minimum atomic E-state index is -0.618. The molecule has 0 aromatic heterocycles. The van der Waals surface area contributed by atoms with Gasteiger partial charge in [-0.2, -0.15) is 0 Å². The minimum absolute atomic E-state index is 0.0949. The number of hydrogen-bond acceptors (Lipinski definition) is 7. The fraction of sp³-hybridized carbons (Fsp3) is 0.300. The van der Waals surface area contributed by atoms with E-state index in [2.05, 4.69) is 0 Å². The molecular formula is C20H21NO6. The summed E-state index contributed by atoms with van der Waals surface area (Å²) in [6, 6.07) is 7.56. The number of fused-ring (bicyclic) bond motifs is 2. The van der Waals surface area contributed by atoms with Gasteiger partial charge in [-0.3, -0.25) is 9.59 Å². The molecule has 1 atom stereocenters. The van der Waals surface area contributed by atoms with Gasteiger partial charge >= 0.3 is 0 Å². The van der Waals surface area contributed by atoms with Crippen LogP contribution < -0.4 is 5.06 Å². The SMILES string of the molecule is CCCN(OC(C)OC)c1cc(O)c2c(c1O)C(=O)c1ccccc1C2=O. The van der Waals surface area contributed by atoms with Crippen LogP contribution in [0.1, 0.15) is 52.1 Å². The monoisotopic (exact) mass is 371 g/mol. The van der Waals surface area contributed by atoms with Crippen molar-refractivity contribution >= 4 is 17.3 Å². The molecule has 0 fully saturated rings. The molecule has 0 radical (unpaired) electrons. The predicted octanol–water partition coefficient (Wildman–Crippen LogP) is 3.01. The summed E-state index contributed by atoms with van der Waals surface area (Å²) in [4.78, 5) is 31.3. The molecule has 1 unspecified atom stereocenters. The number of carbonyl (C=O) groups is 2. The molecule has 0 aliphatic heterocycles. The molecule has 7 heteroatoms. The largest absolute Gasteiger partial charge is 0.507 e. The van der Waals surface area contributed by atoms with Crippen LogP contribution in [0, 0.1) is 0 Å². The van der Waals surface area contributed by atoms with Gasteiger partial charge in [0.2, 0.25) is 0 Å². The molecule has 0 bridgehead atoms. The van der Waals surface area contributed by atoms with Gasteiger partial charge in [-0.1, -0.05) is 31.2 Å². The van der Waals surface area contributed by atoms with Crippen molar-refractivity contribution in [1.82, 2.24) is 0 Å². The van der Waals surface area contributed by atoms with E-state index >= 15 is 0 Å². The Bertz CT molecular complexity index is 908. The van der Waals surface area contributed by atoms with Crippen LogP contribution >= 0.6 is 0 Å². The highest BCUT2D eigenvalue weighted by atomic mass is 16.8. The quantitative estimate of drug-likeness (QED) is 0.391. The van der Waals surface area contributed by atoms with Gasteiger partial charge in [-0.05, 0) is 13.3 Å². The molecule has 2 aromatic carbocycles. The maximum Gasteiger partial charge on any atom is 0.198 e. The van der Waals surface area contributed by atoms with E-state index in [0.717, 1.165) is 0 Å². The smallest absolute Gasteiger partial charge is 0.198 e. The zero-order valence-corrected chi connectivity index (χ0v) is 15.4. The Labute approximate surface area is 156 Å². The predicted molar refractivity (Wildman–Crippen MR) is 98.3 cm³/mol. The number of aromatic hydroxyl groups is 2. The highest BCUT2D eigenvalue weighted by Gasteiger charge is 2.36. The molecule has 2 aromatic rings. The third-order valence-electron chi connectivity index (χ3n) is 4.43. The molecule has 0 saturated heterocycles. The standard InChI is InChI=1S/C20H21NO6/c1-4-9-21(27-11(2)26-3)14-10-15(22)16-17(20(14)25)19(24)13-8-6-5-7-12(13)18(16)23/h5-8,10-11,22,25H,4,9H2,1-3H3. The summed E-state index contributed by atoms with van der Waals surface area (Å²) < 4.78 is 5.09. The van der Waals surface area contributed by atoms with E-state index in [9.17, 15) is 19.8 Å². The van der Waals surface area contributed by atoms with Crippen molar-refractivity contribution in [2.24, 2.45) is 0 Å². The lowest BCUT2D eigenvalue weighted by Gasteiger charge is -2.29. The van der Waals surface area contributed by atoms with Gasteiger partial charge < -0.3 is 14.9 Å². The van der Waals surface area contributed by atoms with Crippen molar-refractivity contribution < 1.29 is 29.4 Å². The summed E-state index contributed by atoms with van der Waals surface area (Å²) >= 11 is 0. The molecule has 3 rings (SSSR count). The molecule has 7 nitrogen and oxygen atoms in total. The van der Waals surface area contributed by atoms with Crippen LogP contribution in [0.2, 0.25) is 0 Å². The Morgan fingerprint density at radius 3 is 2.22 bits per heavy atom. The number of ketones is 2. The second kappa shape index (κ2) is 7.38. The molecule has 2 N–H and O–H groups in total. The Morgan fingerprint density at radius 2 is 1.67 bits per heavy atom. The van der Waals surface area contributed by atoms with Gasteiger partial charge in [0.05, 0.1) is 11.1 Å². The first-order valence-corrected chi connectivity index (χ1v) is 8.65. The van der Waals surface area contributed by atoms with Crippen molar-refractivity contribution in [3.8, 4) is 11.5 Å². The Hall–Kier alpha value is -2.90. The maximum absolute atomic E-state index is 12.9. The van der Waals surface area contributed by atoms with E-state index in [-0.39, 0.29) is 33.7 Å². The third kappa shape index (κ3) is 3.15. The number of carbonyl (C=O) groups excluding carboxylic acids is 2. The van der Waals surface area contributed by atoms with Gasteiger partial charge in [0, 0.05) is 30.8 Å². The van der Waals surface area contributed by atoms with Crippen molar-refractivity contribution in [3.05, 3.63) is 52.6 Å². The molecule has 1 aliphatic rings. The molecular weight excluding hydrogens is 350 g/mol. The summed E-state index contributed by atoms with van der Waals surface area (Å²) in [5, 5.41) is 22.6. The average Bonchev–Trinajstić information content (AvgIpc) is 2.67. The second-order valence-corrected chi connectivity index (χ2v) is 6.23. The number of rotatable bonds is 6. The van der Waals surface area contributed by atoms with E-state index < -0.39 is 23.6 Å². The first-order valence-electron chi connectivity index (χ1n) is 8.65. The number of phenols is 2. The average molecular weight is 371 g/mol. The molecule has 142 valence electrons. The van der Waals surface area contributed by atoms with Gasteiger partial charge in [-0.15, -0.1) is 0 Å². The van der Waals surface area contributed by atoms with E-state index in [1.54, 1.807) is 19.1 Å². The molecule has 27 heavy (non-hydrogen) atoms. The van der Waals surface area contributed by atoms with Crippen LogP contribution in [-0.4, -0.2) is 41.7 Å². The first-order chi connectivity index (χ1) is 12.9. The van der Waals surface area contributed by atoms with Gasteiger partial charge in [-0.25, -0.2) is 9.90 Å². The van der Waals surface area contributed by atoms with Crippen LogP contribution in [-0.2, 0) is 9.57 Å². The van der Waals surface area contributed by atoms with Crippen molar-refractivity contribution in [1.29, 1.82) is 0 Å².